The van der Waals surface area contributed by atoms with E-state index in [-0.39, 0.29) is 23.4 Å². The maximum absolute atomic E-state index is 12.4. The van der Waals surface area contributed by atoms with E-state index >= 15 is 0 Å². The molecule has 0 bridgehead atoms. The number of amides is 1. The highest BCUT2D eigenvalue weighted by atomic mass is 32.1. The number of rotatable bonds is 3. The number of carbonyl (C=O) groups excluding carboxylic acids is 1. The van der Waals surface area contributed by atoms with Crippen molar-refractivity contribution in [3.63, 3.8) is 0 Å². The van der Waals surface area contributed by atoms with E-state index in [0.717, 1.165) is 25.8 Å². The molecule has 0 aromatic carbocycles. The van der Waals surface area contributed by atoms with Crippen molar-refractivity contribution in [2.45, 2.75) is 70.9 Å². The summed E-state index contributed by atoms with van der Waals surface area (Å²) in [5.74, 6) is 0.264. The molecule has 1 aromatic heterocycles. The van der Waals surface area contributed by atoms with Gasteiger partial charge < -0.3 is 10.6 Å². The zero-order valence-electron chi connectivity index (χ0n) is 13.7. The van der Waals surface area contributed by atoms with Gasteiger partial charge in [0.2, 0.25) is 5.91 Å². The van der Waals surface area contributed by atoms with Gasteiger partial charge in [-0.25, -0.2) is 0 Å². The van der Waals surface area contributed by atoms with Gasteiger partial charge >= 0.3 is 0 Å². The predicted molar refractivity (Wildman–Crippen MR) is 89.6 cm³/mol. The molecule has 0 spiro atoms. The lowest BCUT2D eigenvalue weighted by Gasteiger charge is -2.33. The van der Waals surface area contributed by atoms with Crippen LogP contribution in [0.15, 0.2) is 12.1 Å². The first-order chi connectivity index (χ1) is 9.84. The molecule has 2 unspecified atom stereocenters. The highest BCUT2D eigenvalue weighted by molar-refractivity contribution is 7.12. The Labute approximate surface area is 132 Å². The summed E-state index contributed by atoms with van der Waals surface area (Å²) in [5.41, 5.74) is 6.58. The number of hydrogen-bond acceptors (Lipinski definition) is 3. The molecular weight excluding hydrogens is 280 g/mol. The summed E-state index contributed by atoms with van der Waals surface area (Å²) in [6.07, 6.45) is 3.46. The van der Waals surface area contributed by atoms with Crippen molar-refractivity contribution in [2.75, 3.05) is 6.54 Å². The fraction of sp³-hybridized carbons (Fsp3) is 0.706. The summed E-state index contributed by atoms with van der Waals surface area (Å²) < 4.78 is 0. The van der Waals surface area contributed by atoms with Crippen molar-refractivity contribution in [1.82, 2.24) is 4.90 Å². The van der Waals surface area contributed by atoms with E-state index in [2.05, 4.69) is 39.8 Å². The Morgan fingerprint density at radius 3 is 2.67 bits per heavy atom. The zero-order chi connectivity index (χ0) is 15.6. The third kappa shape index (κ3) is 3.67. The summed E-state index contributed by atoms with van der Waals surface area (Å²) in [7, 11) is 0. The smallest absolute Gasteiger partial charge is 0.223 e. The first-order valence-electron chi connectivity index (χ1n) is 8.00. The second-order valence-electron chi connectivity index (χ2n) is 7.04. The van der Waals surface area contributed by atoms with E-state index in [4.69, 9.17) is 5.73 Å². The van der Waals surface area contributed by atoms with Crippen molar-refractivity contribution in [3.8, 4) is 0 Å². The van der Waals surface area contributed by atoms with Gasteiger partial charge in [-0.2, -0.15) is 0 Å². The SMILES string of the molecule is CCCN1C(=O)CCCC(N)C1c1ccc(C(C)(C)C)s1. The average molecular weight is 308 g/mol. The minimum atomic E-state index is 0.0504. The zero-order valence-corrected chi connectivity index (χ0v) is 14.5. The monoisotopic (exact) mass is 308 g/mol. The van der Waals surface area contributed by atoms with Gasteiger partial charge in [-0.1, -0.05) is 27.7 Å². The maximum Gasteiger partial charge on any atom is 0.223 e. The third-order valence-corrected chi connectivity index (χ3v) is 5.69. The van der Waals surface area contributed by atoms with Crippen LogP contribution >= 0.6 is 11.3 Å². The molecule has 0 saturated carbocycles. The molecule has 1 fully saturated rings. The number of likely N-dealkylation sites (tertiary alicyclic amines) is 1. The van der Waals surface area contributed by atoms with Gasteiger partial charge in [0, 0.05) is 28.8 Å². The summed E-state index contributed by atoms with van der Waals surface area (Å²) in [6.45, 7) is 9.61. The standard InChI is InChI=1S/C17H28N2OS/c1-5-11-19-15(20)8-6-7-12(18)16(19)13-9-10-14(21-13)17(2,3)4/h9-10,12,16H,5-8,11,18H2,1-4H3. The quantitative estimate of drug-likeness (QED) is 0.922. The fourth-order valence-electron chi connectivity index (χ4n) is 2.96. The van der Waals surface area contributed by atoms with Crippen molar-refractivity contribution in [2.24, 2.45) is 5.73 Å². The minimum Gasteiger partial charge on any atom is -0.333 e. The van der Waals surface area contributed by atoms with Crippen molar-refractivity contribution in [1.29, 1.82) is 0 Å². The van der Waals surface area contributed by atoms with Gasteiger partial charge in [0.25, 0.3) is 0 Å². The molecule has 21 heavy (non-hydrogen) atoms. The lowest BCUT2D eigenvalue weighted by molar-refractivity contribution is -0.133. The highest BCUT2D eigenvalue weighted by Gasteiger charge is 2.33. The molecule has 2 N–H and O–H groups in total. The summed E-state index contributed by atoms with van der Waals surface area (Å²) in [5, 5.41) is 0. The van der Waals surface area contributed by atoms with Crippen LogP contribution in [0.2, 0.25) is 0 Å². The average Bonchev–Trinajstić information content (AvgIpc) is 2.82. The maximum atomic E-state index is 12.4. The molecule has 2 heterocycles. The largest absolute Gasteiger partial charge is 0.333 e. The normalized spacial score (nSPS) is 24.2. The Balaban J connectivity index is 2.35. The number of thiophene rings is 1. The van der Waals surface area contributed by atoms with Gasteiger partial charge in [-0.3, -0.25) is 4.79 Å². The van der Waals surface area contributed by atoms with Crippen molar-refractivity contribution in [3.05, 3.63) is 21.9 Å². The molecule has 2 atom stereocenters. The molecule has 118 valence electrons. The molecule has 1 aliphatic rings. The van der Waals surface area contributed by atoms with Crippen LogP contribution in [0.4, 0.5) is 0 Å². The van der Waals surface area contributed by atoms with Crippen LogP contribution in [-0.4, -0.2) is 23.4 Å². The number of nitrogens with zero attached hydrogens (tertiary/aromatic N) is 1. The molecule has 1 amide bonds. The fourth-order valence-corrected chi connectivity index (χ4v) is 4.22. The summed E-state index contributed by atoms with van der Waals surface area (Å²) in [4.78, 5) is 17.0. The van der Waals surface area contributed by atoms with Crippen LogP contribution in [0, 0.1) is 0 Å². The molecule has 1 saturated heterocycles. The second-order valence-corrected chi connectivity index (χ2v) is 8.16. The van der Waals surface area contributed by atoms with E-state index in [1.807, 2.05) is 16.2 Å². The number of hydrogen-bond donors (Lipinski definition) is 1. The van der Waals surface area contributed by atoms with Gasteiger partial charge in [-0.05, 0) is 36.8 Å². The molecule has 0 aliphatic carbocycles. The van der Waals surface area contributed by atoms with Crippen LogP contribution < -0.4 is 5.73 Å². The first-order valence-corrected chi connectivity index (χ1v) is 8.81. The lowest BCUT2D eigenvalue weighted by Crippen LogP contribution is -2.42. The van der Waals surface area contributed by atoms with E-state index in [1.165, 1.54) is 9.75 Å². The highest BCUT2D eigenvalue weighted by Crippen LogP contribution is 2.37. The number of nitrogens with two attached hydrogens (primary N) is 1. The summed E-state index contributed by atoms with van der Waals surface area (Å²) in [6, 6.07) is 4.49. The third-order valence-electron chi connectivity index (χ3n) is 4.11. The van der Waals surface area contributed by atoms with E-state index in [9.17, 15) is 4.79 Å². The van der Waals surface area contributed by atoms with Gasteiger partial charge in [0.15, 0.2) is 0 Å². The predicted octanol–water partition coefficient (Wildman–Crippen LogP) is 3.84. The van der Waals surface area contributed by atoms with Gasteiger partial charge in [0.05, 0.1) is 6.04 Å². The Bertz CT molecular complexity index is 489. The van der Waals surface area contributed by atoms with Crippen LogP contribution in [0.1, 0.15) is 69.2 Å². The first kappa shape index (κ1) is 16.5. The van der Waals surface area contributed by atoms with E-state index in [0.29, 0.717) is 6.42 Å². The van der Waals surface area contributed by atoms with E-state index < -0.39 is 0 Å². The molecule has 2 rings (SSSR count). The Hall–Kier alpha value is -0.870. The van der Waals surface area contributed by atoms with Crippen LogP contribution in [-0.2, 0) is 10.2 Å². The molecule has 0 radical (unpaired) electrons. The summed E-state index contributed by atoms with van der Waals surface area (Å²) >= 11 is 1.82. The molecule has 1 aliphatic heterocycles. The van der Waals surface area contributed by atoms with E-state index in [1.54, 1.807) is 0 Å². The molecule has 1 aromatic rings. The molecule has 3 nitrogen and oxygen atoms in total. The minimum absolute atomic E-state index is 0.0504. The molecular formula is C17H28N2OS. The number of carbonyl (C=O) groups is 1. The van der Waals surface area contributed by atoms with Crippen molar-refractivity contribution >= 4 is 17.2 Å². The van der Waals surface area contributed by atoms with Crippen LogP contribution in [0.25, 0.3) is 0 Å². The van der Waals surface area contributed by atoms with Crippen LogP contribution in [0.3, 0.4) is 0 Å². The second kappa shape index (κ2) is 6.49. The Kier molecular flexibility index (Phi) is 5.10. The van der Waals surface area contributed by atoms with Crippen LogP contribution in [0.5, 0.6) is 0 Å². The lowest BCUT2D eigenvalue weighted by atomic mass is 9.95. The Morgan fingerprint density at radius 2 is 2.10 bits per heavy atom. The topological polar surface area (TPSA) is 46.3 Å². The molecule has 4 heteroatoms. The van der Waals surface area contributed by atoms with Gasteiger partial charge in [0.1, 0.15) is 0 Å². The van der Waals surface area contributed by atoms with Crippen molar-refractivity contribution < 1.29 is 4.79 Å². The van der Waals surface area contributed by atoms with Gasteiger partial charge in [-0.15, -0.1) is 11.3 Å². The Morgan fingerprint density at radius 1 is 1.38 bits per heavy atom.